The van der Waals surface area contributed by atoms with Gasteiger partial charge in [0.15, 0.2) is 5.82 Å². The molecule has 3 heterocycles. The molecule has 0 saturated carbocycles. The topological polar surface area (TPSA) is 115 Å². The van der Waals surface area contributed by atoms with Gasteiger partial charge in [-0.1, -0.05) is 18.6 Å². The number of benzene rings is 1. The van der Waals surface area contributed by atoms with Gasteiger partial charge in [0.25, 0.3) is 5.56 Å². The molecule has 4 rings (SSSR count). The number of carbonyl (C=O) groups excluding carboxylic acids is 1. The summed E-state index contributed by atoms with van der Waals surface area (Å²) in [5.74, 6) is 1.35. The Morgan fingerprint density at radius 1 is 1.15 bits per heavy atom. The van der Waals surface area contributed by atoms with Crippen molar-refractivity contribution >= 4 is 16.8 Å². The highest BCUT2D eigenvalue weighted by Crippen LogP contribution is 2.14. The molecule has 1 aliphatic rings. The van der Waals surface area contributed by atoms with E-state index in [1.165, 1.54) is 4.57 Å². The molecule has 1 aliphatic heterocycles. The van der Waals surface area contributed by atoms with Crippen molar-refractivity contribution in [3.05, 3.63) is 56.8 Å². The summed E-state index contributed by atoms with van der Waals surface area (Å²) in [6.45, 7) is 0.927. The van der Waals surface area contributed by atoms with E-state index in [1.54, 1.807) is 24.3 Å². The molecule has 0 spiro atoms. The third-order valence-electron chi connectivity index (χ3n) is 4.84. The van der Waals surface area contributed by atoms with Crippen LogP contribution >= 0.6 is 0 Å². The highest BCUT2D eigenvalue weighted by atomic mass is 16.2. The summed E-state index contributed by atoms with van der Waals surface area (Å²) < 4.78 is 3.32. The number of rotatable bonds is 4. The van der Waals surface area contributed by atoms with Gasteiger partial charge < -0.3 is 9.88 Å². The van der Waals surface area contributed by atoms with Gasteiger partial charge in [-0.3, -0.25) is 19.1 Å². The van der Waals surface area contributed by atoms with Gasteiger partial charge in [-0.05, 0) is 25.0 Å². The zero-order chi connectivity index (χ0) is 18.8. The second kappa shape index (κ2) is 7.18. The largest absolute Gasteiger partial charge is 0.347 e. The lowest BCUT2D eigenvalue weighted by molar-refractivity contribution is -0.121. The maximum Gasteiger partial charge on any atom is 0.329 e. The third kappa shape index (κ3) is 3.40. The predicted molar refractivity (Wildman–Crippen MR) is 98.3 cm³/mol. The molecule has 0 fully saturated rings. The van der Waals surface area contributed by atoms with Gasteiger partial charge in [0.05, 0.1) is 17.4 Å². The Kier molecular flexibility index (Phi) is 4.57. The average Bonchev–Trinajstić information content (AvgIpc) is 2.89. The van der Waals surface area contributed by atoms with Crippen molar-refractivity contribution in [2.75, 3.05) is 0 Å². The maximum atomic E-state index is 12.4. The Balaban J connectivity index is 1.51. The SMILES string of the molecule is O=C(Cn1c(=O)[nH]c(=O)c2ccccc21)NCc1nnc2n1CCCCC2. The minimum Gasteiger partial charge on any atom is -0.347 e. The van der Waals surface area contributed by atoms with Crippen molar-refractivity contribution in [1.29, 1.82) is 0 Å². The van der Waals surface area contributed by atoms with Crippen LogP contribution < -0.4 is 16.6 Å². The molecule has 0 radical (unpaired) electrons. The minimum absolute atomic E-state index is 0.183. The van der Waals surface area contributed by atoms with Gasteiger partial charge >= 0.3 is 5.69 Å². The van der Waals surface area contributed by atoms with E-state index < -0.39 is 11.2 Å². The minimum atomic E-state index is -0.606. The number of para-hydroxylation sites is 1. The summed E-state index contributed by atoms with van der Waals surface area (Å²) in [5, 5.41) is 11.6. The summed E-state index contributed by atoms with van der Waals surface area (Å²) in [7, 11) is 0. The van der Waals surface area contributed by atoms with Gasteiger partial charge in [0, 0.05) is 13.0 Å². The normalized spacial score (nSPS) is 13.9. The standard InChI is InChI=1S/C18H20N6O3/c25-16(19-10-15-22-21-14-8-2-1-5-9-23(14)15)11-24-13-7-4-3-6-12(13)17(26)20-18(24)27/h3-4,6-7H,1-2,5,8-11H2,(H,19,25)(H,20,26,27). The molecule has 0 bridgehead atoms. The second-order valence-corrected chi connectivity index (χ2v) is 6.63. The van der Waals surface area contributed by atoms with E-state index in [9.17, 15) is 14.4 Å². The number of carbonyl (C=O) groups is 1. The van der Waals surface area contributed by atoms with Crippen LogP contribution in [0.25, 0.3) is 10.9 Å². The van der Waals surface area contributed by atoms with Crippen LogP contribution in [0.3, 0.4) is 0 Å². The summed E-state index contributed by atoms with van der Waals surface area (Å²) >= 11 is 0. The van der Waals surface area contributed by atoms with E-state index in [0.29, 0.717) is 10.9 Å². The molecular weight excluding hydrogens is 348 g/mol. The Morgan fingerprint density at radius 2 is 2.00 bits per heavy atom. The molecule has 0 aliphatic carbocycles. The Bertz CT molecular complexity index is 1110. The van der Waals surface area contributed by atoms with Gasteiger partial charge in [-0.15, -0.1) is 10.2 Å². The van der Waals surface area contributed by atoms with Crippen molar-refractivity contribution in [3.63, 3.8) is 0 Å². The second-order valence-electron chi connectivity index (χ2n) is 6.63. The first-order chi connectivity index (χ1) is 13.1. The first kappa shape index (κ1) is 17.2. The van der Waals surface area contributed by atoms with Crippen LogP contribution in [-0.2, 0) is 30.8 Å². The van der Waals surface area contributed by atoms with Crippen LogP contribution in [0.5, 0.6) is 0 Å². The first-order valence-corrected chi connectivity index (χ1v) is 9.03. The summed E-state index contributed by atoms with van der Waals surface area (Å²) in [6.07, 6.45) is 4.24. The zero-order valence-corrected chi connectivity index (χ0v) is 14.8. The van der Waals surface area contributed by atoms with Crippen LogP contribution in [-0.4, -0.2) is 30.2 Å². The molecule has 0 atom stereocenters. The predicted octanol–water partition coefficient (Wildman–Crippen LogP) is 0.324. The van der Waals surface area contributed by atoms with E-state index in [2.05, 4.69) is 25.1 Å². The highest BCUT2D eigenvalue weighted by molar-refractivity contribution is 5.81. The van der Waals surface area contributed by atoms with Gasteiger partial charge in [-0.2, -0.15) is 0 Å². The number of amides is 1. The fourth-order valence-corrected chi connectivity index (χ4v) is 3.45. The lowest BCUT2D eigenvalue weighted by Gasteiger charge is -2.11. The van der Waals surface area contributed by atoms with Gasteiger partial charge in [-0.25, -0.2) is 4.79 Å². The van der Waals surface area contributed by atoms with Gasteiger partial charge in [0.1, 0.15) is 12.4 Å². The quantitative estimate of drug-likeness (QED) is 0.688. The summed E-state index contributed by atoms with van der Waals surface area (Å²) in [6, 6.07) is 6.70. The number of H-pyrrole nitrogens is 1. The Hall–Kier alpha value is -3.23. The average molecular weight is 368 g/mol. The first-order valence-electron chi connectivity index (χ1n) is 9.03. The lowest BCUT2D eigenvalue weighted by atomic mass is 10.2. The van der Waals surface area contributed by atoms with Crippen molar-refractivity contribution < 1.29 is 4.79 Å². The van der Waals surface area contributed by atoms with Gasteiger partial charge in [0.2, 0.25) is 5.91 Å². The fraction of sp³-hybridized carbons (Fsp3) is 0.389. The van der Waals surface area contributed by atoms with Crippen molar-refractivity contribution in [3.8, 4) is 0 Å². The molecule has 2 aromatic heterocycles. The van der Waals surface area contributed by atoms with Crippen LogP contribution in [0.2, 0.25) is 0 Å². The monoisotopic (exact) mass is 368 g/mol. The summed E-state index contributed by atoms with van der Waals surface area (Å²) in [5.41, 5.74) is -0.638. The molecule has 2 N–H and O–H groups in total. The molecular formula is C18H20N6O3. The molecule has 1 aromatic carbocycles. The fourth-order valence-electron chi connectivity index (χ4n) is 3.45. The number of nitrogens with zero attached hydrogens (tertiary/aromatic N) is 4. The smallest absolute Gasteiger partial charge is 0.329 e. The van der Waals surface area contributed by atoms with Crippen molar-refractivity contribution in [2.24, 2.45) is 0 Å². The molecule has 9 nitrogen and oxygen atoms in total. The van der Waals surface area contributed by atoms with Crippen LogP contribution in [0.4, 0.5) is 0 Å². The number of aryl methyl sites for hydroxylation is 1. The molecule has 3 aromatic rings. The molecule has 1 amide bonds. The number of nitrogens with one attached hydrogen (secondary N) is 2. The Labute approximate surface area is 154 Å². The van der Waals surface area contributed by atoms with Crippen LogP contribution in [0.1, 0.15) is 30.9 Å². The van der Waals surface area contributed by atoms with Crippen LogP contribution in [0.15, 0.2) is 33.9 Å². The highest BCUT2D eigenvalue weighted by Gasteiger charge is 2.16. The van der Waals surface area contributed by atoms with E-state index in [-0.39, 0.29) is 19.0 Å². The molecule has 0 saturated heterocycles. The van der Waals surface area contributed by atoms with E-state index in [4.69, 9.17) is 0 Å². The number of hydrogen-bond acceptors (Lipinski definition) is 5. The number of aromatic nitrogens is 5. The number of hydrogen-bond donors (Lipinski definition) is 2. The summed E-state index contributed by atoms with van der Waals surface area (Å²) in [4.78, 5) is 38.7. The molecule has 0 unspecified atom stereocenters. The van der Waals surface area contributed by atoms with E-state index in [1.807, 2.05) is 0 Å². The van der Waals surface area contributed by atoms with Crippen molar-refractivity contribution in [1.82, 2.24) is 29.6 Å². The van der Waals surface area contributed by atoms with Crippen LogP contribution in [0, 0.1) is 0 Å². The number of aromatic amines is 1. The molecule has 140 valence electrons. The maximum absolute atomic E-state index is 12.4. The van der Waals surface area contributed by atoms with Crippen molar-refractivity contribution in [2.45, 2.75) is 45.3 Å². The lowest BCUT2D eigenvalue weighted by Crippen LogP contribution is -2.36. The zero-order valence-electron chi connectivity index (χ0n) is 14.8. The Morgan fingerprint density at radius 3 is 2.89 bits per heavy atom. The van der Waals surface area contributed by atoms with E-state index in [0.717, 1.165) is 43.9 Å². The third-order valence-corrected chi connectivity index (χ3v) is 4.84. The molecule has 27 heavy (non-hydrogen) atoms. The molecule has 9 heteroatoms. The number of fused-ring (bicyclic) bond motifs is 2. The van der Waals surface area contributed by atoms with E-state index >= 15 is 0 Å².